The molecule has 6 heteroatoms. The molecule has 1 heterocycles. The fourth-order valence-electron chi connectivity index (χ4n) is 2.47. The molecule has 0 radical (unpaired) electrons. The number of rotatable bonds is 5. The van der Waals surface area contributed by atoms with Gasteiger partial charge in [-0.1, -0.05) is 25.4 Å². The van der Waals surface area contributed by atoms with Crippen LogP contribution in [-0.2, 0) is 11.2 Å². The van der Waals surface area contributed by atoms with Gasteiger partial charge in [0, 0.05) is 18.0 Å². The van der Waals surface area contributed by atoms with E-state index in [0.717, 1.165) is 24.2 Å². The predicted octanol–water partition coefficient (Wildman–Crippen LogP) is 2.70. The number of carbonyl (C=O) groups is 1. The topological polar surface area (TPSA) is 64.3 Å². The van der Waals surface area contributed by atoms with Crippen molar-refractivity contribution >= 4 is 29.9 Å². The summed E-state index contributed by atoms with van der Waals surface area (Å²) in [4.78, 5) is 12.4. The summed E-state index contributed by atoms with van der Waals surface area (Å²) in [5, 5.41) is 3.71. The zero-order valence-corrected chi connectivity index (χ0v) is 13.9. The molecule has 0 saturated carbocycles. The number of hydrogen-bond acceptors (Lipinski definition) is 3. The van der Waals surface area contributed by atoms with Crippen molar-refractivity contribution in [2.45, 2.75) is 44.8 Å². The van der Waals surface area contributed by atoms with Crippen LogP contribution in [0.1, 0.15) is 32.3 Å². The minimum atomic E-state index is -0.493. The van der Waals surface area contributed by atoms with Gasteiger partial charge in [-0.2, -0.15) is 0 Å². The highest BCUT2D eigenvalue weighted by atomic mass is 35.5. The van der Waals surface area contributed by atoms with Crippen LogP contribution in [0, 0.1) is 0 Å². The molecule has 21 heavy (non-hydrogen) atoms. The van der Waals surface area contributed by atoms with E-state index in [1.54, 1.807) is 12.1 Å². The van der Waals surface area contributed by atoms with Gasteiger partial charge in [0.25, 0.3) is 5.91 Å². The molecule has 1 aliphatic rings. The maximum absolute atomic E-state index is 12.4. The van der Waals surface area contributed by atoms with Crippen molar-refractivity contribution in [3.05, 3.63) is 28.8 Å². The summed E-state index contributed by atoms with van der Waals surface area (Å²) in [6.45, 7) is 4.48. The highest BCUT2D eigenvalue weighted by Gasteiger charge is 2.34. The Kier molecular flexibility index (Phi) is 6.32. The summed E-state index contributed by atoms with van der Waals surface area (Å²) in [6.07, 6.45) is 1.66. The van der Waals surface area contributed by atoms with E-state index in [4.69, 9.17) is 22.1 Å². The Morgan fingerprint density at radius 1 is 1.48 bits per heavy atom. The average molecular weight is 333 g/mol. The van der Waals surface area contributed by atoms with Crippen molar-refractivity contribution in [1.29, 1.82) is 0 Å². The maximum atomic E-state index is 12.4. The van der Waals surface area contributed by atoms with Crippen LogP contribution in [0.2, 0.25) is 5.02 Å². The van der Waals surface area contributed by atoms with Crippen molar-refractivity contribution in [2.75, 3.05) is 6.54 Å². The van der Waals surface area contributed by atoms with Crippen LogP contribution in [0.3, 0.4) is 0 Å². The quantitative estimate of drug-likeness (QED) is 0.871. The first-order chi connectivity index (χ1) is 9.53. The Bertz CT molecular complexity index is 496. The predicted molar refractivity (Wildman–Crippen MR) is 87.3 cm³/mol. The fraction of sp³-hybridized carbons (Fsp3) is 0.533. The van der Waals surface area contributed by atoms with Crippen molar-refractivity contribution in [3.63, 3.8) is 0 Å². The van der Waals surface area contributed by atoms with Crippen LogP contribution in [0.25, 0.3) is 0 Å². The SMILES string of the molecule is CCC(CC)(CN)NC(=O)C1Cc2cc(Cl)ccc2O1.Cl. The van der Waals surface area contributed by atoms with Crippen molar-refractivity contribution < 1.29 is 9.53 Å². The number of nitrogens with one attached hydrogen (secondary N) is 1. The first-order valence-corrected chi connectivity index (χ1v) is 7.38. The van der Waals surface area contributed by atoms with Gasteiger partial charge in [-0.3, -0.25) is 4.79 Å². The van der Waals surface area contributed by atoms with Crippen molar-refractivity contribution in [3.8, 4) is 5.75 Å². The third-order valence-electron chi connectivity index (χ3n) is 4.12. The monoisotopic (exact) mass is 332 g/mol. The Hall–Kier alpha value is -0.970. The Balaban J connectivity index is 0.00000220. The van der Waals surface area contributed by atoms with E-state index in [1.165, 1.54) is 0 Å². The molecule has 2 rings (SSSR count). The number of benzene rings is 1. The molecule has 1 aliphatic heterocycles. The zero-order valence-electron chi connectivity index (χ0n) is 12.3. The Labute approximate surface area is 136 Å². The molecule has 0 spiro atoms. The first-order valence-electron chi connectivity index (χ1n) is 7.00. The lowest BCUT2D eigenvalue weighted by molar-refractivity contribution is -0.129. The molecule has 0 aliphatic carbocycles. The van der Waals surface area contributed by atoms with Gasteiger partial charge in [0.05, 0.1) is 5.54 Å². The molecule has 0 bridgehead atoms. The highest BCUT2D eigenvalue weighted by Crippen LogP contribution is 2.31. The van der Waals surface area contributed by atoms with Crippen LogP contribution >= 0.6 is 24.0 Å². The summed E-state index contributed by atoms with van der Waals surface area (Å²) < 4.78 is 5.69. The first kappa shape index (κ1) is 18.1. The molecule has 1 atom stereocenters. The Morgan fingerprint density at radius 3 is 2.71 bits per heavy atom. The van der Waals surface area contributed by atoms with E-state index in [9.17, 15) is 4.79 Å². The summed E-state index contributed by atoms with van der Waals surface area (Å²) in [5.41, 5.74) is 6.44. The van der Waals surface area contributed by atoms with Gasteiger partial charge in [-0.05, 0) is 36.6 Å². The van der Waals surface area contributed by atoms with E-state index in [1.807, 2.05) is 19.9 Å². The third-order valence-corrected chi connectivity index (χ3v) is 4.36. The van der Waals surface area contributed by atoms with Gasteiger partial charge in [0.2, 0.25) is 0 Å². The number of hydrogen-bond donors (Lipinski definition) is 2. The third kappa shape index (κ3) is 3.82. The molecular weight excluding hydrogens is 311 g/mol. The van der Waals surface area contributed by atoms with Crippen LogP contribution in [-0.4, -0.2) is 24.1 Å². The van der Waals surface area contributed by atoms with Gasteiger partial charge in [-0.15, -0.1) is 12.4 Å². The van der Waals surface area contributed by atoms with Crippen molar-refractivity contribution in [2.24, 2.45) is 5.73 Å². The van der Waals surface area contributed by atoms with Crippen LogP contribution in [0.5, 0.6) is 5.75 Å². The van der Waals surface area contributed by atoms with Gasteiger partial charge >= 0.3 is 0 Å². The van der Waals surface area contributed by atoms with Crippen LogP contribution in [0.15, 0.2) is 18.2 Å². The van der Waals surface area contributed by atoms with E-state index in [-0.39, 0.29) is 23.9 Å². The standard InChI is InChI=1S/C15H21ClN2O2.ClH/c1-3-15(4-2,9-17)18-14(19)13-8-10-7-11(16)5-6-12(10)20-13;/h5-7,13H,3-4,8-9,17H2,1-2H3,(H,18,19);1H. The molecular formula is C15H22Cl2N2O2. The van der Waals surface area contributed by atoms with Gasteiger partial charge < -0.3 is 15.8 Å². The number of fused-ring (bicyclic) bond motifs is 1. The number of nitrogens with two attached hydrogens (primary N) is 1. The number of carbonyl (C=O) groups excluding carboxylic acids is 1. The van der Waals surface area contributed by atoms with Gasteiger partial charge in [-0.25, -0.2) is 0 Å². The molecule has 4 nitrogen and oxygen atoms in total. The largest absolute Gasteiger partial charge is 0.480 e. The van der Waals surface area contributed by atoms with E-state index in [0.29, 0.717) is 18.0 Å². The smallest absolute Gasteiger partial charge is 0.261 e. The lowest BCUT2D eigenvalue weighted by Gasteiger charge is -2.32. The highest BCUT2D eigenvalue weighted by molar-refractivity contribution is 6.30. The van der Waals surface area contributed by atoms with Crippen LogP contribution < -0.4 is 15.8 Å². The summed E-state index contributed by atoms with van der Waals surface area (Å²) in [7, 11) is 0. The second kappa shape index (κ2) is 7.34. The molecule has 0 aromatic heterocycles. The summed E-state index contributed by atoms with van der Waals surface area (Å²) >= 11 is 5.95. The molecule has 1 unspecified atom stereocenters. The normalized spacial score (nSPS) is 16.7. The van der Waals surface area contributed by atoms with E-state index >= 15 is 0 Å². The average Bonchev–Trinajstić information content (AvgIpc) is 2.88. The molecule has 1 aromatic carbocycles. The van der Waals surface area contributed by atoms with E-state index < -0.39 is 6.10 Å². The molecule has 1 amide bonds. The second-order valence-electron chi connectivity index (χ2n) is 5.24. The van der Waals surface area contributed by atoms with Gasteiger partial charge in [0.1, 0.15) is 5.75 Å². The maximum Gasteiger partial charge on any atom is 0.261 e. The minimum Gasteiger partial charge on any atom is -0.480 e. The number of halogens is 2. The molecule has 1 aromatic rings. The summed E-state index contributed by atoms with van der Waals surface area (Å²) in [6, 6.07) is 5.42. The lowest BCUT2D eigenvalue weighted by Crippen LogP contribution is -2.56. The van der Waals surface area contributed by atoms with E-state index in [2.05, 4.69) is 5.32 Å². The fourth-order valence-corrected chi connectivity index (χ4v) is 2.67. The van der Waals surface area contributed by atoms with Gasteiger partial charge in [0.15, 0.2) is 6.10 Å². The molecule has 0 saturated heterocycles. The number of ether oxygens (including phenoxy) is 1. The second-order valence-corrected chi connectivity index (χ2v) is 5.68. The number of amides is 1. The molecule has 3 N–H and O–H groups in total. The molecule has 0 fully saturated rings. The minimum absolute atomic E-state index is 0. The van der Waals surface area contributed by atoms with Crippen LogP contribution in [0.4, 0.5) is 0 Å². The van der Waals surface area contributed by atoms with Crippen molar-refractivity contribution in [1.82, 2.24) is 5.32 Å². The zero-order chi connectivity index (χ0) is 14.8. The Morgan fingerprint density at radius 2 is 2.14 bits per heavy atom. The summed E-state index contributed by atoms with van der Waals surface area (Å²) in [5.74, 6) is 0.632. The molecule has 118 valence electrons. The lowest BCUT2D eigenvalue weighted by atomic mass is 9.92.